The van der Waals surface area contributed by atoms with E-state index >= 15 is 0 Å². The third kappa shape index (κ3) is 3.63. The molecular formula is C18H17F3N5O+. The smallest absolute Gasteiger partial charge is 0.343 e. The summed E-state index contributed by atoms with van der Waals surface area (Å²) < 4.78 is 42.1. The van der Waals surface area contributed by atoms with E-state index < -0.39 is 12.1 Å². The number of aromatic nitrogens is 3. The lowest BCUT2D eigenvalue weighted by Gasteiger charge is -2.35. The van der Waals surface area contributed by atoms with Crippen LogP contribution in [0.2, 0.25) is 0 Å². The normalized spacial score (nSPS) is 17.9. The van der Waals surface area contributed by atoms with Gasteiger partial charge in [0.15, 0.2) is 0 Å². The molecule has 0 aliphatic carbocycles. The summed E-state index contributed by atoms with van der Waals surface area (Å²) in [4.78, 5) is 10.0. The van der Waals surface area contributed by atoms with Gasteiger partial charge in [0, 0.05) is 11.8 Å². The van der Waals surface area contributed by atoms with E-state index in [0.29, 0.717) is 5.56 Å². The van der Waals surface area contributed by atoms with E-state index in [2.05, 4.69) is 42.0 Å². The predicted molar refractivity (Wildman–Crippen MR) is 90.7 cm³/mol. The number of anilines is 1. The van der Waals surface area contributed by atoms with Crippen molar-refractivity contribution in [1.29, 1.82) is 0 Å². The van der Waals surface area contributed by atoms with Crippen LogP contribution in [0.5, 0.6) is 0 Å². The van der Waals surface area contributed by atoms with Gasteiger partial charge in [0.05, 0.1) is 13.1 Å². The highest BCUT2D eigenvalue weighted by Crippen LogP contribution is 2.30. The monoisotopic (exact) mass is 376 g/mol. The summed E-state index contributed by atoms with van der Waals surface area (Å²) in [6.07, 6.45) is -3.19. The lowest BCUT2D eigenvalue weighted by molar-refractivity contribution is -0.661. The van der Waals surface area contributed by atoms with E-state index in [1.54, 1.807) is 12.1 Å². The number of hydrogen-bond donors (Lipinski definition) is 1. The minimum atomic E-state index is -4.66. The summed E-state index contributed by atoms with van der Waals surface area (Å²) in [6, 6.07) is 13.8. The first-order valence-electron chi connectivity index (χ1n) is 8.53. The molecule has 2 N–H and O–H groups in total. The molecule has 0 spiro atoms. The molecule has 0 saturated carbocycles. The summed E-state index contributed by atoms with van der Waals surface area (Å²) in [7, 11) is 0. The van der Waals surface area contributed by atoms with Gasteiger partial charge in [-0.05, 0) is 17.7 Å². The molecule has 2 aromatic heterocycles. The molecule has 1 saturated heterocycles. The van der Waals surface area contributed by atoms with E-state index in [1.165, 1.54) is 11.8 Å². The average molecular weight is 376 g/mol. The number of rotatable bonds is 3. The first kappa shape index (κ1) is 17.5. The second kappa shape index (κ2) is 6.99. The summed E-state index contributed by atoms with van der Waals surface area (Å²) in [5, 5.41) is 5.66. The minimum Gasteiger partial charge on any atom is -0.343 e. The van der Waals surface area contributed by atoms with Crippen LogP contribution in [0.25, 0.3) is 11.4 Å². The Kier molecular flexibility index (Phi) is 4.53. The fourth-order valence-electron chi connectivity index (χ4n) is 3.20. The Bertz CT molecular complexity index is 895. The highest BCUT2D eigenvalue weighted by Gasteiger charge is 2.38. The van der Waals surface area contributed by atoms with Gasteiger partial charge in [0.2, 0.25) is 5.82 Å². The first-order valence-corrected chi connectivity index (χ1v) is 8.53. The van der Waals surface area contributed by atoms with Crippen LogP contribution < -0.4 is 10.2 Å². The van der Waals surface area contributed by atoms with Gasteiger partial charge in [-0.3, -0.25) is 0 Å². The van der Waals surface area contributed by atoms with Crippen LogP contribution in [0.4, 0.5) is 19.0 Å². The topological polar surface area (TPSA) is 71.7 Å². The molecule has 140 valence electrons. The molecule has 1 atom stereocenters. The largest absolute Gasteiger partial charge is 0.471 e. The minimum absolute atomic E-state index is 0.132. The SMILES string of the molecule is FC(F)(F)c1nc(-c2ccc(N3CC[NH2+]C[C@@H]3c3ccccc3)nc2)no1. The van der Waals surface area contributed by atoms with Crippen molar-refractivity contribution in [3.05, 3.63) is 60.1 Å². The molecule has 3 aromatic rings. The molecule has 9 heteroatoms. The highest BCUT2D eigenvalue weighted by atomic mass is 19.4. The lowest BCUT2D eigenvalue weighted by atomic mass is 10.0. The van der Waals surface area contributed by atoms with Crippen LogP contribution >= 0.6 is 0 Å². The van der Waals surface area contributed by atoms with Crippen LogP contribution in [-0.4, -0.2) is 34.8 Å². The van der Waals surface area contributed by atoms with E-state index in [0.717, 1.165) is 25.5 Å². The second-order valence-electron chi connectivity index (χ2n) is 6.26. The van der Waals surface area contributed by atoms with Crippen molar-refractivity contribution in [2.24, 2.45) is 0 Å². The Hall–Kier alpha value is -2.94. The van der Waals surface area contributed by atoms with Crippen molar-refractivity contribution < 1.29 is 23.0 Å². The number of nitrogens with two attached hydrogens (primary N) is 1. The molecule has 1 aliphatic heterocycles. The number of benzene rings is 1. The van der Waals surface area contributed by atoms with Crippen molar-refractivity contribution in [1.82, 2.24) is 15.1 Å². The zero-order valence-electron chi connectivity index (χ0n) is 14.2. The van der Waals surface area contributed by atoms with Gasteiger partial charge in [0.1, 0.15) is 18.4 Å². The van der Waals surface area contributed by atoms with Crippen molar-refractivity contribution in [2.75, 3.05) is 24.5 Å². The molecule has 1 aliphatic rings. The zero-order chi connectivity index (χ0) is 18.9. The molecule has 0 unspecified atom stereocenters. The molecule has 6 nitrogen and oxygen atoms in total. The molecule has 4 rings (SSSR count). The fraction of sp³-hybridized carbons (Fsp3) is 0.278. The van der Waals surface area contributed by atoms with Gasteiger partial charge in [-0.15, -0.1) is 0 Å². The molecule has 0 radical (unpaired) electrons. The van der Waals surface area contributed by atoms with Crippen molar-refractivity contribution >= 4 is 5.82 Å². The molecule has 27 heavy (non-hydrogen) atoms. The van der Waals surface area contributed by atoms with Gasteiger partial charge in [-0.2, -0.15) is 18.2 Å². The molecule has 1 fully saturated rings. The summed E-state index contributed by atoms with van der Waals surface area (Å²) in [6.45, 7) is 2.69. The summed E-state index contributed by atoms with van der Waals surface area (Å²) in [5.41, 5.74) is 1.57. The molecule has 0 bridgehead atoms. The van der Waals surface area contributed by atoms with Crippen LogP contribution in [0.15, 0.2) is 53.2 Å². The fourth-order valence-corrected chi connectivity index (χ4v) is 3.20. The van der Waals surface area contributed by atoms with Gasteiger partial charge in [0.25, 0.3) is 0 Å². The third-order valence-corrected chi connectivity index (χ3v) is 4.49. The molecular weight excluding hydrogens is 359 g/mol. The van der Waals surface area contributed by atoms with Gasteiger partial charge in [-0.1, -0.05) is 35.5 Å². The number of halogens is 3. The quantitative estimate of drug-likeness (QED) is 0.759. The Morgan fingerprint density at radius 3 is 2.59 bits per heavy atom. The van der Waals surface area contributed by atoms with E-state index in [4.69, 9.17) is 0 Å². The maximum absolute atomic E-state index is 12.6. The number of quaternary nitrogens is 1. The Morgan fingerprint density at radius 1 is 1.11 bits per heavy atom. The summed E-state index contributed by atoms with van der Waals surface area (Å²) in [5.74, 6) is -0.731. The average Bonchev–Trinajstić information content (AvgIpc) is 3.20. The molecule has 0 amide bonds. The summed E-state index contributed by atoms with van der Waals surface area (Å²) >= 11 is 0. The van der Waals surface area contributed by atoms with Gasteiger partial charge < -0.3 is 14.7 Å². The number of piperazine rings is 1. The number of nitrogens with zero attached hydrogens (tertiary/aromatic N) is 4. The zero-order valence-corrected chi connectivity index (χ0v) is 14.2. The lowest BCUT2D eigenvalue weighted by Crippen LogP contribution is -2.90. The maximum atomic E-state index is 12.6. The van der Waals surface area contributed by atoms with Crippen LogP contribution in [-0.2, 0) is 6.18 Å². The van der Waals surface area contributed by atoms with Gasteiger partial charge >= 0.3 is 12.1 Å². The molecule has 3 heterocycles. The van der Waals surface area contributed by atoms with Crippen LogP contribution in [0.1, 0.15) is 17.5 Å². The standard InChI is InChI=1S/C18H16F3N5O/c19-18(20,21)17-24-16(25-27-17)13-6-7-15(23-10-13)26-9-8-22-11-14(26)12-4-2-1-3-5-12/h1-7,10,14,22H,8-9,11H2/p+1/t14-/m1/s1. The highest BCUT2D eigenvalue weighted by molar-refractivity contribution is 5.56. The number of hydrogen-bond acceptors (Lipinski definition) is 5. The van der Waals surface area contributed by atoms with E-state index in [9.17, 15) is 13.2 Å². The second-order valence-corrected chi connectivity index (χ2v) is 6.26. The van der Waals surface area contributed by atoms with Crippen LogP contribution in [0.3, 0.4) is 0 Å². The van der Waals surface area contributed by atoms with E-state index in [-0.39, 0.29) is 11.9 Å². The van der Waals surface area contributed by atoms with Crippen LogP contribution in [0, 0.1) is 0 Å². The van der Waals surface area contributed by atoms with E-state index in [1.807, 2.05) is 18.2 Å². The number of alkyl halides is 3. The Labute approximate surface area is 153 Å². The number of pyridine rings is 1. The third-order valence-electron chi connectivity index (χ3n) is 4.49. The predicted octanol–water partition coefficient (Wildman–Crippen LogP) is 2.28. The van der Waals surface area contributed by atoms with Crippen molar-refractivity contribution in [3.63, 3.8) is 0 Å². The van der Waals surface area contributed by atoms with Gasteiger partial charge in [-0.25, -0.2) is 4.98 Å². The molecule has 1 aromatic carbocycles. The van der Waals surface area contributed by atoms with Crippen molar-refractivity contribution in [3.8, 4) is 11.4 Å². The first-order chi connectivity index (χ1) is 13.0. The Balaban J connectivity index is 1.58. The Morgan fingerprint density at radius 2 is 1.93 bits per heavy atom. The van der Waals surface area contributed by atoms with Crippen molar-refractivity contribution in [2.45, 2.75) is 12.2 Å². The maximum Gasteiger partial charge on any atom is 0.471 e.